The molecule has 132 valence electrons. The maximum absolute atomic E-state index is 14.8. The van der Waals surface area contributed by atoms with Gasteiger partial charge in [0.05, 0.1) is 5.56 Å². The Balaban J connectivity index is 2.10. The average molecular weight is 352 g/mol. The lowest BCUT2D eigenvalue weighted by molar-refractivity contribution is 0.0742. The number of hydrogen-bond acceptors (Lipinski definition) is 2. The molecule has 3 aromatic rings. The van der Waals surface area contributed by atoms with Gasteiger partial charge in [0, 0.05) is 5.56 Å². The Morgan fingerprint density at radius 3 is 2.12 bits per heavy atom. The van der Waals surface area contributed by atoms with E-state index < -0.39 is 29.1 Å². The number of aliphatic hydroxyl groups is 1. The number of ketones is 1. The van der Waals surface area contributed by atoms with Crippen LogP contribution in [0.4, 0.5) is 8.78 Å². The Kier molecular flexibility index (Phi) is 5.24. The summed E-state index contributed by atoms with van der Waals surface area (Å²) in [4.78, 5) is 12.6. The molecule has 0 aliphatic rings. The van der Waals surface area contributed by atoms with Crippen LogP contribution in [0, 0.1) is 11.6 Å². The van der Waals surface area contributed by atoms with Gasteiger partial charge in [-0.05, 0) is 29.2 Å². The van der Waals surface area contributed by atoms with Crippen molar-refractivity contribution >= 4 is 5.78 Å². The zero-order chi connectivity index (χ0) is 18.7. The second-order valence-electron chi connectivity index (χ2n) is 5.98. The summed E-state index contributed by atoms with van der Waals surface area (Å²) in [5.41, 5.74) is 1.11. The Morgan fingerprint density at radius 2 is 1.54 bits per heavy atom. The third-order valence-electron chi connectivity index (χ3n) is 4.36. The molecule has 0 saturated carbocycles. The summed E-state index contributed by atoms with van der Waals surface area (Å²) in [5, 5.41) is 10.3. The van der Waals surface area contributed by atoms with Gasteiger partial charge in [-0.1, -0.05) is 67.6 Å². The number of benzene rings is 3. The number of halogens is 2. The highest BCUT2D eigenvalue weighted by molar-refractivity contribution is 6.01. The third kappa shape index (κ3) is 3.28. The molecule has 0 spiro atoms. The van der Waals surface area contributed by atoms with Crippen molar-refractivity contribution in [3.63, 3.8) is 0 Å². The van der Waals surface area contributed by atoms with Crippen LogP contribution >= 0.6 is 0 Å². The van der Waals surface area contributed by atoms with Gasteiger partial charge in [0.1, 0.15) is 6.10 Å². The number of rotatable bonds is 5. The molecule has 3 aromatic carbocycles. The first-order chi connectivity index (χ1) is 12.5. The highest BCUT2D eigenvalue weighted by Crippen LogP contribution is 2.32. The van der Waals surface area contributed by atoms with Gasteiger partial charge >= 0.3 is 0 Å². The molecule has 1 N–H and O–H groups in total. The minimum Gasteiger partial charge on any atom is -0.380 e. The zero-order valence-electron chi connectivity index (χ0n) is 14.2. The van der Waals surface area contributed by atoms with E-state index >= 15 is 0 Å². The average Bonchev–Trinajstić information content (AvgIpc) is 2.70. The molecule has 0 heterocycles. The minimum absolute atomic E-state index is 0.149. The summed E-state index contributed by atoms with van der Waals surface area (Å²) in [7, 11) is 0. The van der Waals surface area contributed by atoms with Crippen LogP contribution in [0.5, 0.6) is 0 Å². The molecule has 0 aromatic heterocycles. The van der Waals surface area contributed by atoms with Crippen LogP contribution in [0.1, 0.15) is 34.5 Å². The topological polar surface area (TPSA) is 37.3 Å². The second kappa shape index (κ2) is 7.58. The van der Waals surface area contributed by atoms with Gasteiger partial charge in [-0.15, -0.1) is 0 Å². The molecule has 1 unspecified atom stereocenters. The Bertz CT molecular complexity index is 922. The van der Waals surface area contributed by atoms with Gasteiger partial charge in [0.2, 0.25) is 0 Å². The summed E-state index contributed by atoms with van der Waals surface area (Å²) in [5.74, 6) is -3.16. The van der Waals surface area contributed by atoms with E-state index in [9.17, 15) is 18.7 Å². The Hall–Kier alpha value is -2.85. The van der Waals surface area contributed by atoms with E-state index in [-0.39, 0.29) is 5.56 Å². The lowest BCUT2D eigenvalue weighted by Gasteiger charge is -2.16. The monoisotopic (exact) mass is 352 g/mol. The summed E-state index contributed by atoms with van der Waals surface area (Å²) in [6, 6.07) is 18.2. The number of carbonyl (C=O) groups is 1. The van der Waals surface area contributed by atoms with Crippen molar-refractivity contribution in [2.75, 3.05) is 0 Å². The van der Waals surface area contributed by atoms with Crippen molar-refractivity contribution in [3.05, 3.63) is 95.1 Å². The molecular weight excluding hydrogens is 334 g/mol. The molecule has 0 amide bonds. The van der Waals surface area contributed by atoms with Crippen LogP contribution in [-0.4, -0.2) is 10.9 Å². The van der Waals surface area contributed by atoms with Crippen molar-refractivity contribution in [2.24, 2.45) is 0 Å². The van der Waals surface area contributed by atoms with Crippen LogP contribution in [0.25, 0.3) is 11.1 Å². The van der Waals surface area contributed by atoms with E-state index in [4.69, 9.17) is 0 Å². The highest BCUT2D eigenvalue weighted by atomic mass is 19.2. The summed E-state index contributed by atoms with van der Waals surface area (Å²) >= 11 is 0. The summed E-state index contributed by atoms with van der Waals surface area (Å²) in [6.07, 6.45) is -1.12. The number of aliphatic hydroxyl groups excluding tert-OH is 1. The van der Waals surface area contributed by atoms with E-state index in [1.54, 1.807) is 67.6 Å². The van der Waals surface area contributed by atoms with E-state index in [0.717, 1.165) is 0 Å². The first-order valence-corrected chi connectivity index (χ1v) is 8.38. The van der Waals surface area contributed by atoms with Gasteiger partial charge in [-0.25, -0.2) is 8.78 Å². The van der Waals surface area contributed by atoms with E-state index in [1.165, 1.54) is 6.07 Å². The molecule has 0 radical (unpaired) electrons. The summed E-state index contributed by atoms with van der Waals surface area (Å²) < 4.78 is 29.5. The molecule has 0 aliphatic heterocycles. The zero-order valence-corrected chi connectivity index (χ0v) is 14.2. The largest absolute Gasteiger partial charge is 0.380 e. The lowest BCUT2D eigenvalue weighted by atomic mass is 9.91. The second-order valence-corrected chi connectivity index (χ2v) is 5.98. The fourth-order valence-electron chi connectivity index (χ4n) is 2.99. The molecule has 2 nitrogen and oxygen atoms in total. The third-order valence-corrected chi connectivity index (χ3v) is 4.36. The number of Topliss-reactive ketones (excluding diaryl/α,β-unsaturated/α-hetero) is 1. The number of aryl methyl sites for hydroxylation is 1. The molecule has 0 bridgehead atoms. The first kappa shape index (κ1) is 18.0. The van der Waals surface area contributed by atoms with Crippen LogP contribution in [0.2, 0.25) is 0 Å². The standard InChI is InChI=1S/C22H18F2O2/c1-2-14-13-17(22(26)21(25)16-11-7-4-8-12-16)19(23)20(24)18(14)15-9-5-3-6-10-15/h3-13,21,25H,2H2,1H3. The van der Waals surface area contributed by atoms with E-state index in [1.807, 2.05) is 0 Å². The highest BCUT2D eigenvalue weighted by Gasteiger charge is 2.27. The molecule has 26 heavy (non-hydrogen) atoms. The number of carbonyl (C=O) groups excluding carboxylic acids is 1. The van der Waals surface area contributed by atoms with E-state index in [0.29, 0.717) is 23.1 Å². The van der Waals surface area contributed by atoms with Crippen molar-refractivity contribution in [1.82, 2.24) is 0 Å². The van der Waals surface area contributed by atoms with Crippen LogP contribution in [0.3, 0.4) is 0 Å². The Morgan fingerprint density at radius 1 is 0.962 bits per heavy atom. The summed E-state index contributed by atoms with van der Waals surface area (Å²) in [6.45, 7) is 1.81. The quantitative estimate of drug-likeness (QED) is 0.648. The molecule has 3 rings (SSSR count). The molecular formula is C22H18F2O2. The lowest BCUT2D eigenvalue weighted by Crippen LogP contribution is -2.16. The van der Waals surface area contributed by atoms with Crippen LogP contribution in [0.15, 0.2) is 66.7 Å². The van der Waals surface area contributed by atoms with Gasteiger partial charge in [-0.3, -0.25) is 4.79 Å². The smallest absolute Gasteiger partial charge is 0.198 e. The molecule has 1 atom stereocenters. The minimum atomic E-state index is -1.54. The number of hydrogen-bond donors (Lipinski definition) is 1. The molecule has 4 heteroatoms. The van der Waals surface area contributed by atoms with Crippen LogP contribution in [-0.2, 0) is 6.42 Å². The molecule has 0 aliphatic carbocycles. The van der Waals surface area contributed by atoms with Crippen molar-refractivity contribution in [1.29, 1.82) is 0 Å². The molecule has 0 saturated heterocycles. The maximum atomic E-state index is 14.8. The molecule has 0 fully saturated rings. The predicted octanol–water partition coefficient (Wildman–Crippen LogP) is 5.11. The van der Waals surface area contributed by atoms with Gasteiger partial charge in [-0.2, -0.15) is 0 Å². The van der Waals surface area contributed by atoms with Crippen molar-refractivity contribution in [3.8, 4) is 11.1 Å². The first-order valence-electron chi connectivity index (χ1n) is 8.38. The predicted molar refractivity (Wildman–Crippen MR) is 96.9 cm³/mol. The van der Waals surface area contributed by atoms with Crippen molar-refractivity contribution < 1.29 is 18.7 Å². The maximum Gasteiger partial charge on any atom is 0.198 e. The fraction of sp³-hybridized carbons (Fsp3) is 0.136. The van der Waals surface area contributed by atoms with Crippen molar-refractivity contribution in [2.45, 2.75) is 19.4 Å². The van der Waals surface area contributed by atoms with Gasteiger partial charge in [0.25, 0.3) is 0 Å². The fourth-order valence-corrected chi connectivity index (χ4v) is 2.99. The van der Waals surface area contributed by atoms with Crippen LogP contribution < -0.4 is 0 Å². The normalized spacial score (nSPS) is 12.0. The van der Waals surface area contributed by atoms with Gasteiger partial charge in [0.15, 0.2) is 17.4 Å². The SMILES string of the molecule is CCc1cc(C(=O)C(O)c2ccccc2)c(F)c(F)c1-c1ccccc1. The Labute approximate surface area is 150 Å². The van der Waals surface area contributed by atoms with E-state index in [2.05, 4.69) is 0 Å². The van der Waals surface area contributed by atoms with Gasteiger partial charge < -0.3 is 5.11 Å².